The van der Waals surface area contributed by atoms with Crippen molar-refractivity contribution in [2.24, 2.45) is 5.41 Å². The zero-order valence-electron chi connectivity index (χ0n) is 11.5. The highest BCUT2D eigenvalue weighted by molar-refractivity contribution is 7.99. The summed E-state index contributed by atoms with van der Waals surface area (Å²) in [6, 6.07) is 6.34. The molecule has 1 N–H and O–H groups in total. The molecular weight excluding hydrogens is 297 g/mol. The molecule has 19 heavy (non-hydrogen) atoms. The van der Waals surface area contributed by atoms with E-state index >= 15 is 0 Å². The summed E-state index contributed by atoms with van der Waals surface area (Å²) in [6.07, 6.45) is 2.24. The topological polar surface area (TPSA) is 12.0 Å². The fourth-order valence-electron chi connectivity index (χ4n) is 2.38. The van der Waals surface area contributed by atoms with E-state index < -0.39 is 0 Å². The molecule has 1 unspecified atom stereocenters. The first-order valence-corrected chi connectivity index (χ1v) is 8.65. The second kappa shape index (κ2) is 6.71. The van der Waals surface area contributed by atoms with E-state index in [1.807, 2.05) is 18.2 Å². The monoisotopic (exact) mass is 317 g/mol. The number of hydrogen-bond acceptors (Lipinski definition) is 2. The molecule has 1 fully saturated rings. The van der Waals surface area contributed by atoms with E-state index in [2.05, 4.69) is 30.9 Å². The van der Waals surface area contributed by atoms with Crippen LogP contribution in [0.25, 0.3) is 0 Å². The summed E-state index contributed by atoms with van der Waals surface area (Å²) in [5, 5.41) is 5.16. The number of benzene rings is 1. The molecule has 106 valence electrons. The lowest BCUT2D eigenvalue weighted by molar-refractivity contribution is 0.247. The van der Waals surface area contributed by atoms with Gasteiger partial charge in [0.15, 0.2) is 0 Å². The normalized spacial score (nSPS) is 22.4. The maximum atomic E-state index is 6.19. The molecule has 0 saturated carbocycles. The Morgan fingerprint density at radius 1 is 1.37 bits per heavy atom. The smallest absolute Gasteiger partial charge is 0.0453 e. The molecule has 1 atom stereocenters. The molecule has 1 aliphatic heterocycles. The van der Waals surface area contributed by atoms with Gasteiger partial charge in [-0.3, -0.25) is 0 Å². The van der Waals surface area contributed by atoms with Gasteiger partial charge in [0.2, 0.25) is 0 Å². The predicted octanol–water partition coefficient (Wildman–Crippen LogP) is 4.66. The summed E-state index contributed by atoms with van der Waals surface area (Å²) in [5.41, 5.74) is 1.56. The lowest BCUT2D eigenvalue weighted by atomic mass is 9.82. The molecule has 1 aromatic carbocycles. The third kappa shape index (κ3) is 4.29. The Morgan fingerprint density at radius 2 is 2.16 bits per heavy atom. The van der Waals surface area contributed by atoms with Gasteiger partial charge in [0, 0.05) is 21.8 Å². The molecule has 1 saturated heterocycles. The van der Waals surface area contributed by atoms with Crippen LogP contribution in [0, 0.1) is 5.41 Å². The molecular formula is C15H21Cl2NS. The minimum Gasteiger partial charge on any atom is -0.312 e. The first-order chi connectivity index (χ1) is 8.99. The minimum absolute atomic E-state index is 0.398. The van der Waals surface area contributed by atoms with E-state index in [9.17, 15) is 0 Å². The van der Waals surface area contributed by atoms with Crippen molar-refractivity contribution in [3.8, 4) is 0 Å². The zero-order chi connectivity index (χ0) is 13.9. The first kappa shape index (κ1) is 15.5. The van der Waals surface area contributed by atoms with Crippen molar-refractivity contribution in [1.29, 1.82) is 0 Å². The van der Waals surface area contributed by atoms with Gasteiger partial charge in [-0.1, -0.05) is 43.1 Å². The molecule has 1 aliphatic rings. The van der Waals surface area contributed by atoms with Crippen LogP contribution in [0.1, 0.15) is 25.8 Å². The highest BCUT2D eigenvalue weighted by atomic mass is 35.5. The van der Waals surface area contributed by atoms with E-state index in [1.54, 1.807) is 0 Å². The van der Waals surface area contributed by atoms with Crippen LogP contribution >= 0.6 is 35.0 Å². The van der Waals surface area contributed by atoms with E-state index in [4.69, 9.17) is 23.2 Å². The average Bonchev–Trinajstić information content (AvgIpc) is 2.33. The number of rotatable bonds is 4. The highest BCUT2D eigenvalue weighted by Gasteiger charge is 2.31. The summed E-state index contributed by atoms with van der Waals surface area (Å²) >= 11 is 14.1. The van der Waals surface area contributed by atoms with Crippen LogP contribution in [-0.2, 0) is 6.42 Å². The molecule has 0 amide bonds. The van der Waals surface area contributed by atoms with Crippen molar-refractivity contribution in [2.45, 2.75) is 32.7 Å². The van der Waals surface area contributed by atoms with E-state index in [0.29, 0.717) is 16.5 Å². The number of halogens is 2. The molecule has 0 aromatic heterocycles. The lowest BCUT2D eigenvalue weighted by Crippen LogP contribution is -2.47. The van der Waals surface area contributed by atoms with Gasteiger partial charge < -0.3 is 5.32 Å². The van der Waals surface area contributed by atoms with E-state index in [0.717, 1.165) is 18.0 Å². The average molecular weight is 318 g/mol. The van der Waals surface area contributed by atoms with Crippen molar-refractivity contribution < 1.29 is 0 Å². The Balaban J connectivity index is 1.86. The Hall–Kier alpha value is 0.110. The third-order valence-electron chi connectivity index (χ3n) is 3.92. The lowest BCUT2D eigenvalue weighted by Gasteiger charge is -2.39. The van der Waals surface area contributed by atoms with Gasteiger partial charge in [0.25, 0.3) is 0 Å². The van der Waals surface area contributed by atoms with E-state index in [1.165, 1.54) is 23.5 Å². The molecule has 0 bridgehead atoms. The van der Waals surface area contributed by atoms with Crippen LogP contribution < -0.4 is 5.32 Å². The first-order valence-electron chi connectivity index (χ1n) is 6.74. The van der Waals surface area contributed by atoms with Gasteiger partial charge >= 0.3 is 0 Å². The fraction of sp³-hybridized carbons (Fsp3) is 0.600. The van der Waals surface area contributed by atoms with Crippen molar-refractivity contribution in [2.75, 3.05) is 18.1 Å². The van der Waals surface area contributed by atoms with Crippen LogP contribution in [0.3, 0.4) is 0 Å². The molecule has 0 radical (unpaired) electrons. The van der Waals surface area contributed by atoms with Crippen molar-refractivity contribution >= 4 is 35.0 Å². The van der Waals surface area contributed by atoms with Gasteiger partial charge in [-0.25, -0.2) is 0 Å². The maximum Gasteiger partial charge on any atom is 0.0453 e. The number of nitrogens with one attached hydrogen (secondary N) is 1. The number of thioether (sulfide) groups is 1. The Bertz CT molecular complexity index is 434. The third-order valence-corrected chi connectivity index (χ3v) is 5.57. The summed E-state index contributed by atoms with van der Waals surface area (Å²) < 4.78 is 0. The van der Waals surface area contributed by atoms with Crippen LogP contribution in [0.4, 0.5) is 0 Å². The van der Waals surface area contributed by atoms with E-state index in [-0.39, 0.29) is 0 Å². The second-order valence-electron chi connectivity index (χ2n) is 5.81. The Labute approximate surface area is 130 Å². The van der Waals surface area contributed by atoms with Gasteiger partial charge in [-0.05, 0) is 48.3 Å². The van der Waals surface area contributed by atoms with Crippen LogP contribution in [0.5, 0.6) is 0 Å². The van der Waals surface area contributed by atoms with Gasteiger partial charge in [-0.15, -0.1) is 0 Å². The second-order valence-corrected chi connectivity index (χ2v) is 7.80. The van der Waals surface area contributed by atoms with Crippen molar-refractivity contribution in [3.63, 3.8) is 0 Å². The van der Waals surface area contributed by atoms with Crippen LogP contribution in [-0.4, -0.2) is 24.1 Å². The fourth-order valence-corrected chi connectivity index (χ4v) is 4.52. The standard InChI is InChI=1S/C15H21Cl2NS/c1-15(2)6-8-19-10-14(15)18-7-5-11-3-4-12(16)9-13(11)17/h3-4,9,14,18H,5-8,10H2,1-2H3. The van der Waals surface area contributed by atoms with Gasteiger partial charge in [-0.2, -0.15) is 11.8 Å². The minimum atomic E-state index is 0.398. The molecule has 2 rings (SSSR count). The SMILES string of the molecule is CC1(C)CCSCC1NCCc1ccc(Cl)cc1Cl. The highest BCUT2D eigenvalue weighted by Crippen LogP contribution is 2.34. The van der Waals surface area contributed by atoms with Crippen LogP contribution in [0.15, 0.2) is 18.2 Å². The van der Waals surface area contributed by atoms with Crippen molar-refractivity contribution in [1.82, 2.24) is 5.32 Å². The number of hydrogen-bond donors (Lipinski definition) is 1. The Morgan fingerprint density at radius 3 is 2.84 bits per heavy atom. The predicted molar refractivity (Wildman–Crippen MR) is 87.7 cm³/mol. The zero-order valence-corrected chi connectivity index (χ0v) is 13.8. The summed E-state index contributed by atoms with van der Waals surface area (Å²) in [4.78, 5) is 0. The Kier molecular flexibility index (Phi) is 5.47. The van der Waals surface area contributed by atoms with Gasteiger partial charge in [0.05, 0.1) is 0 Å². The van der Waals surface area contributed by atoms with Gasteiger partial charge in [0.1, 0.15) is 0 Å². The largest absolute Gasteiger partial charge is 0.312 e. The molecule has 0 spiro atoms. The maximum absolute atomic E-state index is 6.19. The van der Waals surface area contributed by atoms with Crippen molar-refractivity contribution in [3.05, 3.63) is 33.8 Å². The summed E-state index contributed by atoms with van der Waals surface area (Å²) in [6.45, 7) is 5.69. The molecule has 4 heteroatoms. The molecule has 1 nitrogen and oxygen atoms in total. The molecule has 0 aliphatic carbocycles. The van der Waals surface area contributed by atoms with Crippen LogP contribution in [0.2, 0.25) is 10.0 Å². The summed E-state index contributed by atoms with van der Waals surface area (Å²) in [7, 11) is 0. The molecule has 1 aromatic rings. The molecule has 1 heterocycles. The quantitative estimate of drug-likeness (QED) is 0.867. The summed E-state index contributed by atoms with van der Waals surface area (Å²) in [5.74, 6) is 2.50.